The summed E-state index contributed by atoms with van der Waals surface area (Å²) in [4.78, 5) is 0. The number of aryl methyl sites for hydroxylation is 1. The predicted molar refractivity (Wildman–Crippen MR) is 118 cm³/mol. The van der Waals surface area contributed by atoms with Crippen LogP contribution in [0.5, 0.6) is 0 Å². The van der Waals surface area contributed by atoms with Crippen LogP contribution in [0.4, 0.5) is 17.6 Å². The summed E-state index contributed by atoms with van der Waals surface area (Å²) >= 11 is 0. The number of rotatable bonds is 4. The third kappa shape index (κ3) is 3.47. The summed E-state index contributed by atoms with van der Waals surface area (Å²) in [5, 5.41) is 16.5. The molecule has 0 bridgehead atoms. The van der Waals surface area contributed by atoms with Crippen LogP contribution in [-0.2, 0) is 12.1 Å². The molecule has 0 amide bonds. The van der Waals surface area contributed by atoms with E-state index in [1.54, 1.807) is 24.4 Å². The largest absolute Gasteiger partial charge is 0.423 e. The van der Waals surface area contributed by atoms with Gasteiger partial charge in [0.15, 0.2) is 0 Å². The molecule has 0 aliphatic rings. The third-order valence-electron chi connectivity index (χ3n) is 6.02. The van der Waals surface area contributed by atoms with Crippen molar-refractivity contribution in [3.8, 4) is 5.69 Å². The van der Waals surface area contributed by atoms with Crippen molar-refractivity contribution >= 4 is 21.8 Å². The van der Waals surface area contributed by atoms with E-state index in [0.29, 0.717) is 22.1 Å². The molecule has 0 spiro atoms. The van der Waals surface area contributed by atoms with Gasteiger partial charge in [0.25, 0.3) is 0 Å². The van der Waals surface area contributed by atoms with Gasteiger partial charge in [0.05, 0.1) is 23.9 Å². The van der Waals surface area contributed by atoms with Crippen molar-refractivity contribution in [2.24, 2.45) is 0 Å². The molecular weight excluding hydrogens is 434 g/mol. The Kier molecular flexibility index (Phi) is 4.79. The molecule has 4 nitrogen and oxygen atoms in total. The summed E-state index contributed by atoms with van der Waals surface area (Å²) < 4.78 is 58.9. The van der Waals surface area contributed by atoms with E-state index in [1.807, 2.05) is 13.0 Å². The maximum absolute atomic E-state index is 14.2. The van der Waals surface area contributed by atoms with Crippen LogP contribution in [0.2, 0.25) is 0 Å². The van der Waals surface area contributed by atoms with Crippen molar-refractivity contribution in [2.75, 3.05) is 0 Å². The number of hydrogen-bond acceptors (Lipinski definition) is 2. The Morgan fingerprint density at radius 3 is 2.42 bits per heavy atom. The number of hydrogen-bond donors (Lipinski definition) is 1. The number of nitrogens with zero attached hydrogens (tertiary/aromatic N) is 3. The molecule has 168 valence electrons. The zero-order valence-electron chi connectivity index (χ0n) is 17.5. The third-order valence-corrected chi connectivity index (χ3v) is 6.02. The van der Waals surface area contributed by atoms with Gasteiger partial charge in [0.2, 0.25) is 5.60 Å². The lowest BCUT2D eigenvalue weighted by molar-refractivity contribution is -0.271. The molecule has 8 heteroatoms. The predicted octanol–water partition coefficient (Wildman–Crippen LogP) is 5.88. The second-order valence-electron chi connectivity index (χ2n) is 8.12. The van der Waals surface area contributed by atoms with Crippen LogP contribution in [0.25, 0.3) is 27.5 Å². The van der Waals surface area contributed by atoms with Gasteiger partial charge in [-0.1, -0.05) is 18.2 Å². The number of fused-ring (bicyclic) bond motifs is 2. The minimum Gasteiger partial charge on any atom is -0.375 e. The van der Waals surface area contributed by atoms with Gasteiger partial charge >= 0.3 is 6.18 Å². The molecule has 5 rings (SSSR count). The Balaban J connectivity index is 1.59. The highest BCUT2D eigenvalue weighted by Gasteiger charge is 2.55. The van der Waals surface area contributed by atoms with E-state index in [9.17, 15) is 22.7 Å². The smallest absolute Gasteiger partial charge is 0.375 e. The van der Waals surface area contributed by atoms with Crippen LogP contribution in [0.3, 0.4) is 0 Å². The van der Waals surface area contributed by atoms with Gasteiger partial charge in [0.1, 0.15) is 5.82 Å². The Hall–Kier alpha value is -3.65. The molecule has 33 heavy (non-hydrogen) atoms. The molecule has 0 saturated heterocycles. The second-order valence-corrected chi connectivity index (χ2v) is 8.12. The molecule has 5 aromatic rings. The van der Waals surface area contributed by atoms with Crippen molar-refractivity contribution in [2.45, 2.75) is 25.2 Å². The summed E-state index contributed by atoms with van der Waals surface area (Å²) in [5.41, 5.74) is -0.735. The van der Waals surface area contributed by atoms with E-state index in [2.05, 4.69) is 5.10 Å². The molecule has 0 saturated carbocycles. The lowest BCUT2D eigenvalue weighted by Gasteiger charge is -2.32. The topological polar surface area (TPSA) is 43.0 Å². The maximum Gasteiger partial charge on any atom is 0.423 e. The molecule has 1 atom stereocenters. The highest BCUT2D eigenvalue weighted by molar-refractivity contribution is 5.84. The summed E-state index contributed by atoms with van der Waals surface area (Å²) in [6, 6.07) is 16.8. The monoisotopic (exact) mass is 453 g/mol. The van der Waals surface area contributed by atoms with E-state index >= 15 is 0 Å². The van der Waals surface area contributed by atoms with Gasteiger partial charge in [-0.05, 0) is 66.6 Å². The summed E-state index contributed by atoms with van der Waals surface area (Å²) in [5.74, 6) is -0.402. The van der Waals surface area contributed by atoms with Crippen LogP contribution in [-0.4, -0.2) is 25.6 Å². The molecule has 0 aliphatic carbocycles. The van der Waals surface area contributed by atoms with Gasteiger partial charge in [-0.3, -0.25) is 0 Å². The fraction of sp³-hybridized carbons (Fsp3) is 0.160. The number of aliphatic hydroxyl groups is 1. The quantitative estimate of drug-likeness (QED) is 0.346. The van der Waals surface area contributed by atoms with Crippen LogP contribution >= 0.6 is 0 Å². The van der Waals surface area contributed by atoms with Crippen molar-refractivity contribution in [1.29, 1.82) is 0 Å². The molecule has 2 aromatic heterocycles. The fourth-order valence-corrected chi connectivity index (χ4v) is 4.18. The van der Waals surface area contributed by atoms with E-state index in [4.69, 9.17) is 0 Å². The highest BCUT2D eigenvalue weighted by atomic mass is 19.4. The molecule has 0 radical (unpaired) electrons. The summed E-state index contributed by atoms with van der Waals surface area (Å²) in [6.45, 7) is 1.19. The standard InChI is InChI=1S/C25H19F4N3O/c1-16-3-2-4-23-21(16)11-12-31(23)15-24(33,25(27,28)29)18-5-10-22-17(13-18)14-30-32(22)20-8-6-19(26)7-9-20/h2-14,33H,15H2,1H3. The van der Waals surface area contributed by atoms with E-state index < -0.39 is 24.1 Å². The Morgan fingerprint density at radius 2 is 1.70 bits per heavy atom. The lowest BCUT2D eigenvalue weighted by Crippen LogP contribution is -2.45. The number of alkyl halides is 3. The van der Waals surface area contributed by atoms with E-state index in [-0.39, 0.29) is 5.56 Å². The molecule has 2 heterocycles. The first-order chi connectivity index (χ1) is 15.7. The van der Waals surface area contributed by atoms with Crippen molar-refractivity contribution in [3.05, 3.63) is 96.1 Å². The number of benzene rings is 3. The van der Waals surface area contributed by atoms with Crippen molar-refractivity contribution in [1.82, 2.24) is 14.3 Å². The fourth-order valence-electron chi connectivity index (χ4n) is 4.18. The normalized spacial score (nSPS) is 14.1. The van der Waals surface area contributed by atoms with Gasteiger partial charge < -0.3 is 9.67 Å². The van der Waals surface area contributed by atoms with Crippen molar-refractivity contribution < 1.29 is 22.7 Å². The first kappa shape index (κ1) is 21.2. The van der Waals surface area contributed by atoms with Crippen LogP contribution < -0.4 is 0 Å². The van der Waals surface area contributed by atoms with E-state index in [1.165, 1.54) is 57.9 Å². The number of aromatic nitrogens is 3. The van der Waals surface area contributed by atoms with Gasteiger partial charge in [-0.15, -0.1) is 0 Å². The van der Waals surface area contributed by atoms with E-state index in [0.717, 1.165) is 10.9 Å². The average molecular weight is 453 g/mol. The second kappa shape index (κ2) is 7.45. The highest BCUT2D eigenvalue weighted by Crippen LogP contribution is 2.42. The molecule has 0 aliphatic heterocycles. The van der Waals surface area contributed by atoms with Crippen LogP contribution in [0.1, 0.15) is 11.1 Å². The molecule has 3 aromatic carbocycles. The SMILES string of the molecule is Cc1cccc2c1ccn2CC(O)(c1ccc2c(cnn2-c2ccc(F)cc2)c1)C(F)(F)F. The average Bonchev–Trinajstić information content (AvgIpc) is 3.38. The van der Waals surface area contributed by atoms with Crippen molar-refractivity contribution in [3.63, 3.8) is 0 Å². The lowest BCUT2D eigenvalue weighted by atomic mass is 9.91. The minimum atomic E-state index is -4.92. The molecule has 1 unspecified atom stereocenters. The summed E-state index contributed by atoms with van der Waals surface area (Å²) in [6.07, 6.45) is -1.94. The first-order valence-corrected chi connectivity index (χ1v) is 10.3. The zero-order valence-corrected chi connectivity index (χ0v) is 17.5. The maximum atomic E-state index is 14.2. The zero-order chi connectivity index (χ0) is 23.4. The Morgan fingerprint density at radius 1 is 0.939 bits per heavy atom. The van der Waals surface area contributed by atoms with Crippen LogP contribution in [0.15, 0.2) is 79.1 Å². The molecular formula is C25H19F4N3O. The first-order valence-electron chi connectivity index (χ1n) is 10.3. The Bertz CT molecular complexity index is 1470. The summed E-state index contributed by atoms with van der Waals surface area (Å²) in [7, 11) is 0. The van der Waals surface area contributed by atoms with Gasteiger partial charge in [-0.25, -0.2) is 9.07 Å². The van der Waals surface area contributed by atoms with Gasteiger partial charge in [-0.2, -0.15) is 18.3 Å². The number of halogens is 4. The minimum absolute atomic E-state index is 0.282. The molecule has 1 N–H and O–H groups in total. The van der Waals surface area contributed by atoms with Gasteiger partial charge in [0, 0.05) is 22.5 Å². The molecule has 0 fully saturated rings. The Labute approximate surface area is 186 Å². The van der Waals surface area contributed by atoms with Crippen LogP contribution in [0, 0.1) is 12.7 Å².